The van der Waals surface area contributed by atoms with Crippen molar-refractivity contribution in [2.75, 3.05) is 0 Å². The topological polar surface area (TPSA) is 119 Å². The SMILES string of the molecule is Cc1cc(Cl)cc([C@@H](C)n2ncc3nc(-n4cc(C(=O)O)cn4)nc(O)c32)c1. The van der Waals surface area contributed by atoms with E-state index in [1.54, 1.807) is 4.68 Å². The number of nitrogens with zero attached hydrogens (tertiary/aromatic N) is 6. The summed E-state index contributed by atoms with van der Waals surface area (Å²) in [6.45, 7) is 3.88. The zero-order valence-corrected chi connectivity index (χ0v) is 15.7. The summed E-state index contributed by atoms with van der Waals surface area (Å²) in [5, 5.41) is 28.4. The lowest BCUT2D eigenvalue weighted by molar-refractivity contribution is 0.0697. The number of hydrogen-bond donors (Lipinski definition) is 2. The van der Waals surface area contributed by atoms with E-state index in [0.29, 0.717) is 16.1 Å². The van der Waals surface area contributed by atoms with Crippen molar-refractivity contribution >= 4 is 28.6 Å². The molecule has 0 fully saturated rings. The highest BCUT2D eigenvalue weighted by Gasteiger charge is 2.19. The van der Waals surface area contributed by atoms with Crippen molar-refractivity contribution in [1.29, 1.82) is 0 Å². The predicted molar refractivity (Wildman–Crippen MR) is 101 cm³/mol. The monoisotopic (exact) mass is 398 g/mol. The van der Waals surface area contributed by atoms with Crippen LogP contribution in [0.2, 0.25) is 5.02 Å². The van der Waals surface area contributed by atoms with Crippen LogP contribution >= 0.6 is 11.6 Å². The number of rotatable bonds is 4. The van der Waals surface area contributed by atoms with Crippen LogP contribution in [-0.2, 0) is 0 Å². The van der Waals surface area contributed by atoms with Gasteiger partial charge < -0.3 is 10.2 Å². The van der Waals surface area contributed by atoms with Crippen molar-refractivity contribution in [3.63, 3.8) is 0 Å². The second-order valence-electron chi connectivity index (χ2n) is 6.39. The Morgan fingerprint density at radius 3 is 2.64 bits per heavy atom. The minimum Gasteiger partial charge on any atom is -0.492 e. The van der Waals surface area contributed by atoms with Crippen LogP contribution < -0.4 is 0 Å². The van der Waals surface area contributed by atoms with Gasteiger partial charge in [0.25, 0.3) is 5.95 Å². The molecule has 3 aromatic heterocycles. The summed E-state index contributed by atoms with van der Waals surface area (Å²) in [7, 11) is 0. The molecule has 3 heterocycles. The lowest BCUT2D eigenvalue weighted by Crippen LogP contribution is -2.10. The number of carboxylic acids is 1. The second-order valence-corrected chi connectivity index (χ2v) is 6.82. The van der Waals surface area contributed by atoms with Gasteiger partial charge in [-0.05, 0) is 37.1 Å². The number of aryl methyl sites for hydroxylation is 1. The molecule has 0 amide bonds. The normalized spacial score (nSPS) is 12.4. The van der Waals surface area contributed by atoms with Crippen molar-refractivity contribution in [2.45, 2.75) is 19.9 Å². The van der Waals surface area contributed by atoms with Gasteiger partial charge in [-0.15, -0.1) is 0 Å². The van der Waals surface area contributed by atoms with E-state index >= 15 is 0 Å². The fraction of sp³-hybridized carbons (Fsp3) is 0.167. The molecule has 0 saturated heterocycles. The molecule has 10 heteroatoms. The van der Waals surface area contributed by atoms with Gasteiger partial charge in [0.1, 0.15) is 11.0 Å². The molecule has 0 aliphatic rings. The Morgan fingerprint density at radius 1 is 1.18 bits per heavy atom. The van der Waals surface area contributed by atoms with Crippen LogP contribution in [0.25, 0.3) is 17.0 Å². The van der Waals surface area contributed by atoms with Gasteiger partial charge in [0, 0.05) is 11.2 Å². The Balaban J connectivity index is 1.79. The maximum Gasteiger partial charge on any atom is 0.338 e. The van der Waals surface area contributed by atoms with Crippen molar-refractivity contribution in [3.8, 4) is 11.8 Å². The lowest BCUT2D eigenvalue weighted by atomic mass is 10.1. The van der Waals surface area contributed by atoms with Crippen molar-refractivity contribution < 1.29 is 15.0 Å². The first-order valence-electron chi connectivity index (χ1n) is 8.33. The molecule has 0 radical (unpaired) electrons. The number of carbonyl (C=O) groups is 1. The minimum absolute atomic E-state index is 0.0103. The Bertz CT molecular complexity index is 1200. The van der Waals surface area contributed by atoms with E-state index in [-0.39, 0.29) is 23.4 Å². The molecular weight excluding hydrogens is 384 g/mol. The van der Waals surface area contributed by atoms with Crippen molar-refractivity contribution in [2.24, 2.45) is 0 Å². The van der Waals surface area contributed by atoms with Gasteiger partial charge in [-0.1, -0.05) is 17.7 Å². The maximum absolute atomic E-state index is 11.0. The molecule has 4 rings (SSSR count). The van der Waals surface area contributed by atoms with Crippen LogP contribution in [0, 0.1) is 6.92 Å². The summed E-state index contributed by atoms with van der Waals surface area (Å²) in [5.74, 6) is -1.35. The van der Waals surface area contributed by atoms with Crippen LogP contribution in [0.15, 0.2) is 36.8 Å². The van der Waals surface area contributed by atoms with Gasteiger partial charge in [-0.3, -0.25) is 4.68 Å². The summed E-state index contributed by atoms with van der Waals surface area (Å²) in [6, 6.07) is 5.48. The molecule has 0 unspecified atom stereocenters. The first-order chi connectivity index (χ1) is 13.3. The summed E-state index contributed by atoms with van der Waals surface area (Å²) in [5.41, 5.74) is 2.70. The number of aromatic carboxylic acids is 1. The minimum atomic E-state index is -1.12. The molecule has 1 aromatic carbocycles. The summed E-state index contributed by atoms with van der Waals surface area (Å²) >= 11 is 6.16. The number of aromatic hydroxyl groups is 1. The van der Waals surface area contributed by atoms with E-state index in [1.807, 2.05) is 32.0 Å². The molecule has 0 spiro atoms. The average molecular weight is 399 g/mol. The third-order valence-corrected chi connectivity index (χ3v) is 4.58. The van der Waals surface area contributed by atoms with Gasteiger partial charge in [-0.25, -0.2) is 14.5 Å². The molecule has 9 nitrogen and oxygen atoms in total. The number of aromatic nitrogens is 6. The van der Waals surface area contributed by atoms with Gasteiger partial charge in [0.2, 0.25) is 5.88 Å². The van der Waals surface area contributed by atoms with Crippen LogP contribution in [0.5, 0.6) is 5.88 Å². The highest BCUT2D eigenvalue weighted by Crippen LogP contribution is 2.29. The third-order valence-electron chi connectivity index (χ3n) is 4.36. The van der Waals surface area contributed by atoms with E-state index < -0.39 is 5.97 Å². The Kier molecular flexibility index (Phi) is 4.23. The average Bonchev–Trinajstić information content (AvgIpc) is 3.27. The summed E-state index contributed by atoms with van der Waals surface area (Å²) in [4.78, 5) is 19.4. The van der Waals surface area contributed by atoms with Gasteiger partial charge in [0.15, 0.2) is 0 Å². The zero-order valence-electron chi connectivity index (χ0n) is 14.9. The maximum atomic E-state index is 11.0. The lowest BCUT2D eigenvalue weighted by Gasteiger charge is -2.15. The first kappa shape index (κ1) is 17.9. The highest BCUT2D eigenvalue weighted by molar-refractivity contribution is 6.30. The highest BCUT2D eigenvalue weighted by atomic mass is 35.5. The zero-order chi connectivity index (χ0) is 20.0. The van der Waals surface area contributed by atoms with E-state index in [2.05, 4.69) is 20.2 Å². The molecule has 0 aliphatic carbocycles. The molecule has 142 valence electrons. The molecule has 4 aromatic rings. The molecule has 1 atom stereocenters. The predicted octanol–water partition coefficient (Wildman–Crippen LogP) is 2.99. The number of carboxylic acid groups (broad SMARTS) is 1. The number of hydrogen-bond acceptors (Lipinski definition) is 6. The summed E-state index contributed by atoms with van der Waals surface area (Å²) in [6.07, 6.45) is 3.96. The van der Waals surface area contributed by atoms with Crippen molar-refractivity contribution in [1.82, 2.24) is 29.5 Å². The second kappa shape index (κ2) is 6.61. The fourth-order valence-electron chi connectivity index (χ4n) is 3.02. The van der Waals surface area contributed by atoms with E-state index in [1.165, 1.54) is 23.3 Å². The van der Waals surface area contributed by atoms with Crippen LogP contribution in [-0.4, -0.2) is 45.7 Å². The molecule has 28 heavy (non-hydrogen) atoms. The van der Waals surface area contributed by atoms with E-state index in [9.17, 15) is 9.90 Å². The molecular formula is C18H15ClN6O3. The van der Waals surface area contributed by atoms with Crippen molar-refractivity contribution in [3.05, 3.63) is 58.5 Å². The third kappa shape index (κ3) is 3.05. The molecule has 0 saturated carbocycles. The Labute approximate surface area is 163 Å². The molecule has 0 bridgehead atoms. The van der Waals surface area contributed by atoms with Gasteiger partial charge in [-0.2, -0.15) is 15.2 Å². The number of fused-ring (bicyclic) bond motifs is 1. The first-order valence-corrected chi connectivity index (χ1v) is 8.71. The number of halogens is 1. The van der Waals surface area contributed by atoms with Crippen LogP contribution in [0.1, 0.15) is 34.5 Å². The van der Waals surface area contributed by atoms with E-state index in [4.69, 9.17) is 16.7 Å². The smallest absolute Gasteiger partial charge is 0.338 e. The quantitative estimate of drug-likeness (QED) is 0.542. The van der Waals surface area contributed by atoms with Crippen LogP contribution in [0.4, 0.5) is 0 Å². The number of benzene rings is 1. The van der Waals surface area contributed by atoms with Crippen LogP contribution in [0.3, 0.4) is 0 Å². The van der Waals surface area contributed by atoms with E-state index in [0.717, 1.165) is 11.1 Å². The molecule has 0 aliphatic heterocycles. The summed E-state index contributed by atoms with van der Waals surface area (Å²) < 4.78 is 2.80. The van der Waals surface area contributed by atoms with Gasteiger partial charge in [0.05, 0.1) is 24.0 Å². The largest absolute Gasteiger partial charge is 0.492 e. The fourth-order valence-corrected chi connectivity index (χ4v) is 3.32. The Morgan fingerprint density at radius 2 is 1.96 bits per heavy atom. The molecule has 2 N–H and O–H groups in total. The van der Waals surface area contributed by atoms with Gasteiger partial charge >= 0.3 is 5.97 Å². The standard InChI is InChI=1S/C18H15ClN6O3/c1-9-3-11(5-13(19)4-9)10(2)25-15-14(7-21-25)22-18(23-16(15)26)24-8-12(6-20-24)17(27)28/h3-8,10H,1-2H3,(H,27,28)(H,22,23,26)/t10-/m1/s1. The Hall–Kier alpha value is -3.46.